The Morgan fingerprint density at radius 2 is 1.59 bits per heavy atom. The van der Waals surface area contributed by atoms with E-state index in [9.17, 15) is 9.59 Å². The van der Waals surface area contributed by atoms with Gasteiger partial charge in [-0.05, 0) is 13.5 Å². The maximum atomic E-state index is 11.4. The second-order valence-electron chi connectivity index (χ2n) is 4.56. The van der Waals surface area contributed by atoms with Crippen LogP contribution in [0.5, 0.6) is 0 Å². The Morgan fingerprint density at radius 3 is 2.09 bits per heavy atom. The topological polar surface area (TPSA) is 92.3 Å². The molecular weight excluding hydrogens is 310 g/mol. The Bertz CT molecular complexity index is 371. The molecule has 0 atom stereocenters. The van der Waals surface area contributed by atoms with E-state index in [-0.39, 0.29) is 32.6 Å². The summed E-state index contributed by atoms with van der Waals surface area (Å²) in [6.45, 7) is 7.50. The Balaban J connectivity index is 3.57. The number of amides is 1. The van der Waals surface area contributed by atoms with Gasteiger partial charge in [-0.25, -0.2) is 9.59 Å². The highest BCUT2D eigenvalue weighted by atomic mass is 28.4. The van der Waals surface area contributed by atoms with Crippen molar-refractivity contribution in [3.8, 4) is 0 Å². The minimum absolute atomic E-state index is 0.0957. The minimum atomic E-state index is -2.34. The summed E-state index contributed by atoms with van der Waals surface area (Å²) >= 11 is 0. The molecule has 128 valence electrons. The number of nitrogens with one attached hydrogen (secondary N) is 1. The number of hydrogen-bond donors (Lipinski definition) is 1. The first-order chi connectivity index (χ1) is 10.3. The van der Waals surface area contributed by atoms with Crippen LogP contribution in [0.2, 0.25) is 6.55 Å². The summed E-state index contributed by atoms with van der Waals surface area (Å²) in [5.74, 6) is -0.456. The third-order valence-electron chi connectivity index (χ3n) is 2.69. The fourth-order valence-corrected chi connectivity index (χ4v) is 2.04. The van der Waals surface area contributed by atoms with Crippen LogP contribution in [0.4, 0.5) is 4.79 Å². The highest BCUT2D eigenvalue weighted by Gasteiger charge is 2.29. The van der Waals surface area contributed by atoms with Gasteiger partial charge in [0, 0.05) is 19.8 Å². The Kier molecular flexibility index (Phi) is 10.5. The summed E-state index contributed by atoms with van der Waals surface area (Å²) in [4.78, 5) is 22.5. The van der Waals surface area contributed by atoms with Crippen molar-refractivity contribution in [1.29, 1.82) is 0 Å². The van der Waals surface area contributed by atoms with Gasteiger partial charge >= 0.3 is 20.6 Å². The Hall–Kier alpha value is -1.42. The number of hydrogen-bond acceptors (Lipinski definition) is 7. The summed E-state index contributed by atoms with van der Waals surface area (Å²) in [6.07, 6.45) is -0.276. The maximum absolute atomic E-state index is 11.4. The van der Waals surface area contributed by atoms with Crippen LogP contribution in [-0.2, 0) is 27.9 Å². The molecule has 0 aliphatic rings. The molecule has 8 nitrogen and oxygen atoms in total. The van der Waals surface area contributed by atoms with E-state index in [4.69, 9.17) is 23.1 Å². The molecule has 0 radical (unpaired) electrons. The molecule has 1 N–H and O–H groups in total. The second kappa shape index (κ2) is 11.2. The molecule has 0 rings (SSSR count). The van der Waals surface area contributed by atoms with Crippen molar-refractivity contribution in [2.75, 3.05) is 46.8 Å². The van der Waals surface area contributed by atoms with Crippen LogP contribution < -0.4 is 5.32 Å². The van der Waals surface area contributed by atoms with E-state index in [0.29, 0.717) is 5.57 Å². The van der Waals surface area contributed by atoms with Crippen molar-refractivity contribution in [2.24, 2.45) is 0 Å². The van der Waals surface area contributed by atoms with Gasteiger partial charge in [-0.2, -0.15) is 0 Å². The van der Waals surface area contributed by atoms with E-state index >= 15 is 0 Å². The van der Waals surface area contributed by atoms with Gasteiger partial charge in [0.1, 0.15) is 13.2 Å². The van der Waals surface area contributed by atoms with E-state index < -0.39 is 20.6 Å². The Labute approximate surface area is 131 Å². The van der Waals surface area contributed by atoms with Gasteiger partial charge in [0.25, 0.3) is 0 Å². The van der Waals surface area contributed by atoms with Crippen LogP contribution in [0.3, 0.4) is 0 Å². The van der Waals surface area contributed by atoms with E-state index in [1.54, 1.807) is 6.92 Å². The molecule has 0 heterocycles. The van der Waals surface area contributed by atoms with Crippen molar-refractivity contribution < 1.29 is 32.7 Å². The number of carbonyl (C=O) groups is 2. The number of rotatable bonds is 11. The van der Waals surface area contributed by atoms with E-state index in [1.165, 1.54) is 14.2 Å². The molecule has 0 unspecified atom stereocenters. The van der Waals surface area contributed by atoms with E-state index in [0.717, 1.165) is 0 Å². The first-order valence-electron chi connectivity index (χ1n) is 6.76. The molecule has 0 aromatic rings. The molecule has 9 heteroatoms. The first kappa shape index (κ1) is 20.6. The van der Waals surface area contributed by atoms with Gasteiger partial charge in [0.2, 0.25) is 0 Å². The van der Waals surface area contributed by atoms with Crippen LogP contribution in [0.15, 0.2) is 12.2 Å². The molecular formula is C13H25NO7Si. The van der Waals surface area contributed by atoms with Crippen LogP contribution in [0.1, 0.15) is 6.92 Å². The fourth-order valence-electron chi connectivity index (χ4n) is 1.12. The molecule has 0 aromatic carbocycles. The largest absolute Gasteiger partial charge is 0.460 e. The lowest BCUT2D eigenvalue weighted by Gasteiger charge is -2.22. The van der Waals surface area contributed by atoms with Crippen molar-refractivity contribution >= 4 is 20.6 Å². The molecule has 22 heavy (non-hydrogen) atoms. The Morgan fingerprint density at radius 1 is 1.05 bits per heavy atom. The van der Waals surface area contributed by atoms with E-state index in [2.05, 4.69) is 11.9 Å². The van der Waals surface area contributed by atoms with Gasteiger partial charge in [-0.3, -0.25) is 0 Å². The number of esters is 1. The van der Waals surface area contributed by atoms with Crippen LogP contribution in [0.25, 0.3) is 0 Å². The molecule has 0 saturated carbocycles. The molecule has 0 bridgehead atoms. The average Bonchev–Trinajstić information content (AvgIpc) is 2.51. The molecule has 0 aromatic heterocycles. The first-order valence-corrected chi connectivity index (χ1v) is 9.28. The van der Waals surface area contributed by atoms with Crippen molar-refractivity contribution in [3.05, 3.63) is 12.2 Å². The molecule has 1 amide bonds. The summed E-state index contributed by atoms with van der Waals surface area (Å²) in [5, 5.41) is 2.57. The predicted molar refractivity (Wildman–Crippen MR) is 81.6 cm³/mol. The van der Waals surface area contributed by atoms with Gasteiger partial charge < -0.3 is 28.4 Å². The number of ether oxygens (including phenoxy) is 3. The fraction of sp³-hybridized carbons (Fsp3) is 0.692. The van der Waals surface area contributed by atoms with Gasteiger partial charge in [-0.1, -0.05) is 6.58 Å². The van der Waals surface area contributed by atoms with E-state index in [1.807, 2.05) is 6.55 Å². The van der Waals surface area contributed by atoms with Crippen LogP contribution >= 0.6 is 0 Å². The highest BCUT2D eigenvalue weighted by molar-refractivity contribution is 6.66. The zero-order valence-corrected chi connectivity index (χ0v) is 14.6. The van der Waals surface area contributed by atoms with Gasteiger partial charge in [-0.15, -0.1) is 0 Å². The third-order valence-corrected chi connectivity index (χ3v) is 5.23. The quantitative estimate of drug-likeness (QED) is 0.258. The highest BCUT2D eigenvalue weighted by Crippen LogP contribution is 2.01. The lowest BCUT2D eigenvalue weighted by molar-refractivity contribution is -0.140. The second-order valence-corrected chi connectivity index (χ2v) is 8.00. The van der Waals surface area contributed by atoms with Gasteiger partial charge in [0.05, 0.1) is 19.4 Å². The summed E-state index contributed by atoms with van der Waals surface area (Å²) in [5.41, 5.74) is 0.336. The molecule has 0 saturated heterocycles. The van der Waals surface area contributed by atoms with Crippen LogP contribution in [-0.4, -0.2) is 67.4 Å². The predicted octanol–water partition coefficient (Wildman–Crippen LogP) is 0.753. The lowest BCUT2D eigenvalue weighted by Crippen LogP contribution is -2.48. The number of alkyl carbamates (subject to hydrolysis) is 1. The summed E-state index contributed by atoms with van der Waals surface area (Å²) in [6, 6.07) is 0. The number of carbonyl (C=O) groups excluding carboxylic acids is 2. The minimum Gasteiger partial charge on any atom is -0.460 e. The molecule has 0 fully saturated rings. The smallest absolute Gasteiger partial charge is 0.407 e. The molecule has 0 aliphatic carbocycles. The molecule has 0 spiro atoms. The summed E-state index contributed by atoms with van der Waals surface area (Å²) in [7, 11) is 0.734. The lowest BCUT2D eigenvalue weighted by atomic mass is 10.4. The monoisotopic (exact) mass is 335 g/mol. The standard InChI is InChI=1S/C13H25NO7Si/c1-11(2)12(15)20-8-6-19-7-9-21-13(16)14-10-22(5,17-3)18-4/h1,6-10H2,2-5H3,(H,14,16). The third kappa shape index (κ3) is 9.50. The van der Waals surface area contributed by atoms with Gasteiger partial charge in [0.15, 0.2) is 0 Å². The maximum Gasteiger partial charge on any atom is 0.407 e. The summed E-state index contributed by atoms with van der Waals surface area (Å²) < 4.78 is 25.3. The van der Waals surface area contributed by atoms with Crippen LogP contribution in [0, 0.1) is 0 Å². The van der Waals surface area contributed by atoms with Crippen molar-refractivity contribution in [3.63, 3.8) is 0 Å². The molecule has 0 aliphatic heterocycles. The SMILES string of the molecule is C=C(C)C(=O)OCCOCCOC(=O)NC[Si](C)(OC)OC. The van der Waals surface area contributed by atoms with Crippen molar-refractivity contribution in [2.45, 2.75) is 13.5 Å². The average molecular weight is 335 g/mol. The zero-order valence-electron chi connectivity index (χ0n) is 13.6. The normalized spacial score (nSPS) is 10.9. The van der Waals surface area contributed by atoms with Crippen molar-refractivity contribution in [1.82, 2.24) is 5.32 Å². The zero-order chi connectivity index (χ0) is 17.0.